The molecule has 6 heteroatoms. The van der Waals surface area contributed by atoms with Crippen molar-refractivity contribution in [2.45, 2.75) is 40.2 Å². The van der Waals surface area contributed by atoms with E-state index in [2.05, 4.69) is 21.2 Å². The first-order chi connectivity index (χ1) is 11.9. The zero-order chi connectivity index (χ0) is 18.6. The maximum Gasteiger partial charge on any atom is 0.263 e. The highest BCUT2D eigenvalue weighted by molar-refractivity contribution is 9.10. The predicted octanol–water partition coefficient (Wildman–Crippen LogP) is 4.23. The number of benzene rings is 1. The minimum Gasteiger partial charge on any atom is -0.462 e. The molecule has 0 atom stereocenters. The molecule has 1 amide bonds. The quantitative estimate of drug-likeness (QED) is 0.777. The van der Waals surface area contributed by atoms with Gasteiger partial charge >= 0.3 is 0 Å². The molecule has 0 bridgehead atoms. The van der Waals surface area contributed by atoms with Crippen LogP contribution in [0.3, 0.4) is 0 Å². The summed E-state index contributed by atoms with van der Waals surface area (Å²) in [5.74, 6) is 0.145. The van der Waals surface area contributed by atoms with E-state index in [4.69, 9.17) is 9.15 Å². The number of rotatable bonds is 6. The van der Waals surface area contributed by atoms with Crippen molar-refractivity contribution in [1.82, 2.24) is 0 Å². The average molecular weight is 408 g/mol. The van der Waals surface area contributed by atoms with Crippen LogP contribution in [0.25, 0.3) is 0 Å². The van der Waals surface area contributed by atoms with E-state index < -0.39 is 11.3 Å². The lowest BCUT2D eigenvalue weighted by Gasteiger charge is -2.15. The fourth-order valence-corrected chi connectivity index (χ4v) is 3.00. The van der Waals surface area contributed by atoms with Gasteiger partial charge in [0, 0.05) is 12.8 Å². The van der Waals surface area contributed by atoms with Gasteiger partial charge in [0.2, 0.25) is 5.43 Å². The number of anilines is 1. The molecule has 0 saturated heterocycles. The van der Waals surface area contributed by atoms with Crippen LogP contribution in [0.1, 0.15) is 46.9 Å². The second-order valence-electron chi connectivity index (χ2n) is 5.65. The van der Waals surface area contributed by atoms with E-state index in [0.29, 0.717) is 5.76 Å². The third-order valence-electron chi connectivity index (χ3n) is 4.03. The van der Waals surface area contributed by atoms with Crippen LogP contribution in [0.2, 0.25) is 0 Å². The monoisotopic (exact) mass is 407 g/mol. The van der Waals surface area contributed by atoms with Crippen LogP contribution in [0.15, 0.2) is 31.9 Å². The number of para-hydroxylation sites is 1. The van der Waals surface area contributed by atoms with Gasteiger partial charge in [-0.3, -0.25) is 9.59 Å². The van der Waals surface area contributed by atoms with Crippen molar-refractivity contribution in [2.75, 3.05) is 12.4 Å². The molecule has 0 unspecified atom stereocenters. The molecule has 0 aliphatic carbocycles. The van der Waals surface area contributed by atoms with Gasteiger partial charge in [-0.15, -0.1) is 0 Å². The molecule has 0 aliphatic heterocycles. The topological polar surface area (TPSA) is 68.5 Å². The van der Waals surface area contributed by atoms with Crippen molar-refractivity contribution in [1.29, 1.82) is 0 Å². The molecule has 0 spiro atoms. The zero-order valence-corrected chi connectivity index (χ0v) is 16.5. The molecular formula is C19H22BrNO4. The van der Waals surface area contributed by atoms with Crippen molar-refractivity contribution in [3.63, 3.8) is 0 Å². The first kappa shape index (κ1) is 19.4. The Labute approximate surface area is 155 Å². The number of hydrogen-bond acceptors (Lipinski definition) is 4. The Morgan fingerprint density at radius 1 is 1.24 bits per heavy atom. The number of ether oxygens (including phenoxy) is 1. The molecule has 1 aromatic carbocycles. The fraction of sp³-hybridized carbons (Fsp3) is 0.368. The van der Waals surface area contributed by atoms with Gasteiger partial charge in [-0.2, -0.15) is 0 Å². The summed E-state index contributed by atoms with van der Waals surface area (Å²) in [5.41, 5.74) is 2.37. The van der Waals surface area contributed by atoms with E-state index in [1.165, 1.54) is 7.11 Å². The molecular weight excluding hydrogens is 386 g/mol. The second kappa shape index (κ2) is 8.45. The molecule has 25 heavy (non-hydrogen) atoms. The zero-order valence-electron chi connectivity index (χ0n) is 14.9. The van der Waals surface area contributed by atoms with Crippen molar-refractivity contribution < 1.29 is 13.9 Å². The van der Waals surface area contributed by atoms with Crippen molar-refractivity contribution >= 4 is 27.5 Å². The van der Waals surface area contributed by atoms with Crippen LogP contribution in [0.5, 0.6) is 0 Å². The lowest BCUT2D eigenvalue weighted by Crippen LogP contribution is -2.26. The Balaban J connectivity index is 2.53. The lowest BCUT2D eigenvalue weighted by molar-refractivity contribution is 0.101. The molecule has 0 saturated carbocycles. The van der Waals surface area contributed by atoms with Crippen LogP contribution < -0.4 is 10.7 Å². The third-order valence-corrected chi connectivity index (χ3v) is 4.95. The second-order valence-corrected chi connectivity index (χ2v) is 6.44. The van der Waals surface area contributed by atoms with Gasteiger partial charge in [0.05, 0.1) is 0 Å². The summed E-state index contributed by atoms with van der Waals surface area (Å²) in [6, 6.07) is 5.91. The summed E-state index contributed by atoms with van der Waals surface area (Å²) in [7, 11) is 1.49. The highest BCUT2D eigenvalue weighted by Crippen LogP contribution is 2.24. The summed E-state index contributed by atoms with van der Waals surface area (Å²) in [6.45, 7) is 5.76. The highest BCUT2D eigenvalue weighted by atomic mass is 79.9. The highest BCUT2D eigenvalue weighted by Gasteiger charge is 2.23. The minimum atomic E-state index is -0.489. The SMILES string of the molecule is CCc1cccc(CC)c1NC(=O)c1c(COC)oc(C)c(Br)c1=O. The van der Waals surface area contributed by atoms with Gasteiger partial charge in [0.1, 0.15) is 28.2 Å². The van der Waals surface area contributed by atoms with E-state index in [1.807, 2.05) is 32.0 Å². The molecule has 0 radical (unpaired) electrons. The van der Waals surface area contributed by atoms with Crippen LogP contribution in [-0.2, 0) is 24.2 Å². The maximum atomic E-state index is 12.9. The van der Waals surface area contributed by atoms with Gasteiger partial charge in [-0.25, -0.2) is 0 Å². The standard InChI is InChI=1S/C19H22BrNO4/c1-5-12-8-7-9-13(6-2)17(12)21-19(23)15-14(10-24-4)25-11(3)16(20)18(15)22/h7-9H,5-6,10H2,1-4H3,(H,21,23). The van der Waals surface area contributed by atoms with E-state index in [-0.39, 0.29) is 22.4 Å². The minimum absolute atomic E-state index is 0.0349. The van der Waals surface area contributed by atoms with Crippen LogP contribution in [-0.4, -0.2) is 13.0 Å². The molecule has 134 valence electrons. The Kier molecular flexibility index (Phi) is 6.56. The van der Waals surface area contributed by atoms with Gasteiger partial charge in [-0.1, -0.05) is 32.0 Å². The molecule has 5 nitrogen and oxygen atoms in total. The average Bonchev–Trinajstić information content (AvgIpc) is 2.60. The molecule has 1 N–H and O–H groups in total. The number of nitrogens with one attached hydrogen (secondary N) is 1. The number of halogens is 1. The van der Waals surface area contributed by atoms with E-state index in [0.717, 1.165) is 29.7 Å². The smallest absolute Gasteiger partial charge is 0.263 e. The van der Waals surface area contributed by atoms with Gasteiger partial charge in [0.15, 0.2) is 0 Å². The van der Waals surface area contributed by atoms with E-state index >= 15 is 0 Å². The van der Waals surface area contributed by atoms with Crippen LogP contribution in [0, 0.1) is 6.92 Å². The number of carbonyl (C=O) groups excluding carboxylic acids is 1. The summed E-state index contributed by atoms with van der Waals surface area (Å²) >= 11 is 3.20. The molecule has 0 aliphatic rings. The summed E-state index contributed by atoms with van der Waals surface area (Å²) in [5, 5.41) is 2.91. The number of carbonyl (C=O) groups is 1. The fourth-order valence-electron chi connectivity index (χ4n) is 2.72. The number of hydrogen-bond donors (Lipinski definition) is 1. The molecule has 2 aromatic rings. The van der Waals surface area contributed by atoms with E-state index in [9.17, 15) is 9.59 Å². The lowest BCUT2D eigenvalue weighted by atomic mass is 10.0. The third kappa shape index (κ3) is 4.02. The Hall–Kier alpha value is -1.92. The Morgan fingerprint density at radius 3 is 2.36 bits per heavy atom. The van der Waals surface area contributed by atoms with Crippen LogP contribution in [0.4, 0.5) is 5.69 Å². The van der Waals surface area contributed by atoms with Gasteiger partial charge in [-0.05, 0) is 46.8 Å². The van der Waals surface area contributed by atoms with E-state index in [1.54, 1.807) is 6.92 Å². The summed E-state index contributed by atoms with van der Waals surface area (Å²) < 4.78 is 10.9. The predicted molar refractivity (Wildman–Crippen MR) is 101 cm³/mol. The molecule has 0 fully saturated rings. The first-order valence-corrected chi connectivity index (χ1v) is 8.96. The summed E-state index contributed by atoms with van der Waals surface area (Å²) in [4.78, 5) is 25.5. The van der Waals surface area contributed by atoms with Crippen molar-refractivity contribution in [2.24, 2.45) is 0 Å². The Morgan fingerprint density at radius 2 is 1.84 bits per heavy atom. The molecule has 2 rings (SSSR count). The normalized spacial score (nSPS) is 10.8. The number of methoxy groups -OCH3 is 1. The van der Waals surface area contributed by atoms with Crippen LogP contribution >= 0.6 is 15.9 Å². The molecule has 1 heterocycles. The first-order valence-electron chi connectivity index (χ1n) is 8.17. The van der Waals surface area contributed by atoms with Gasteiger partial charge in [0.25, 0.3) is 5.91 Å². The van der Waals surface area contributed by atoms with Crippen molar-refractivity contribution in [3.8, 4) is 0 Å². The number of aryl methyl sites for hydroxylation is 3. The maximum absolute atomic E-state index is 12.9. The summed E-state index contributed by atoms with van der Waals surface area (Å²) in [6.07, 6.45) is 1.56. The molecule has 1 aromatic heterocycles. The number of amides is 1. The van der Waals surface area contributed by atoms with Crippen molar-refractivity contribution in [3.05, 3.63) is 61.1 Å². The van der Waals surface area contributed by atoms with Gasteiger partial charge < -0.3 is 14.5 Å². The Bertz CT molecular complexity index is 820. The largest absolute Gasteiger partial charge is 0.462 e.